The van der Waals surface area contributed by atoms with Crippen LogP contribution in [0.2, 0.25) is 0 Å². The summed E-state index contributed by atoms with van der Waals surface area (Å²) in [4.78, 5) is 17.5. The maximum absolute atomic E-state index is 12.6. The Bertz CT molecular complexity index is 1250. The van der Waals surface area contributed by atoms with E-state index in [4.69, 9.17) is 4.98 Å². The fraction of sp³-hybridized carbons (Fsp3) is 0.519. The van der Waals surface area contributed by atoms with Crippen LogP contribution in [0.1, 0.15) is 67.3 Å². The van der Waals surface area contributed by atoms with Gasteiger partial charge < -0.3 is 21.1 Å². The summed E-state index contributed by atoms with van der Waals surface area (Å²) in [5.41, 5.74) is 4.31. The summed E-state index contributed by atoms with van der Waals surface area (Å²) in [5, 5.41) is 25.3. The van der Waals surface area contributed by atoms with Crippen LogP contribution in [0.5, 0.6) is 0 Å². The topological polar surface area (TPSA) is 104 Å². The van der Waals surface area contributed by atoms with Crippen LogP contribution in [0.25, 0.3) is 16.8 Å². The largest absolute Gasteiger partial charge is 0.391 e. The molecule has 2 aromatic heterocycles. The first-order valence-electron chi connectivity index (χ1n) is 13.0. The molecular weight excluding hydrogens is 440 g/mol. The minimum Gasteiger partial charge on any atom is -0.391 e. The minimum absolute atomic E-state index is 0.00127. The summed E-state index contributed by atoms with van der Waals surface area (Å²) < 4.78 is 1.86. The highest BCUT2D eigenvalue weighted by atomic mass is 16.3. The number of carbonyl (C=O) groups is 1. The van der Waals surface area contributed by atoms with E-state index in [1.807, 2.05) is 41.9 Å². The molecule has 6 rings (SSSR count). The number of aliphatic hydroxyl groups excluding tert-OH is 1. The van der Waals surface area contributed by atoms with E-state index in [-0.39, 0.29) is 18.1 Å². The zero-order valence-corrected chi connectivity index (χ0v) is 20.3. The van der Waals surface area contributed by atoms with Gasteiger partial charge in [0.2, 0.25) is 0 Å². The average molecular weight is 475 g/mol. The monoisotopic (exact) mass is 474 g/mol. The standard InChI is InChI=1S/C27H34N6O2/c1-16-12-18(8-11-20(16)27(35)30-19-9-10-19)21-15-29-33-25(28-14-17-6-7-17)13-24(32-26(21)33)31-22-4-2-3-5-23(22)34/h8,11-13,15,17,19,22-23,28,34H,2-7,9-10,14H2,1H3,(H,30,35)(H,31,32)/t22?,23-/m1/s1. The lowest BCUT2D eigenvalue weighted by Gasteiger charge is -2.29. The van der Waals surface area contributed by atoms with Crippen molar-refractivity contribution in [3.05, 3.63) is 41.6 Å². The molecule has 8 nitrogen and oxygen atoms in total. The highest BCUT2D eigenvalue weighted by Crippen LogP contribution is 2.32. The van der Waals surface area contributed by atoms with Crippen molar-refractivity contribution in [2.24, 2.45) is 5.92 Å². The first kappa shape index (κ1) is 22.3. The van der Waals surface area contributed by atoms with E-state index in [9.17, 15) is 9.90 Å². The summed E-state index contributed by atoms with van der Waals surface area (Å²) in [6.45, 7) is 2.90. The number of rotatable bonds is 8. The Balaban J connectivity index is 1.34. The number of amides is 1. The van der Waals surface area contributed by atoms with Crippen LogP contribution < -0.4 is 16.0 Å². The van der Waals surface area contributed by atoms with Gasteiger partial charge in [-0.2, -0.15) is 9.61 Å². The molecule has 1 unspecified atom stereocenters. The maximum atomic E-state index is 12.6. The van der Waals surface area contributed by atoms with Gasteiger partial charge in [-0.05, 0) is 68.6 Å². The summed E-state index contributed by atoms with van der Waals surface area (Å²) in [6, 6.07) is 8.27. The van der Waals surface area contributed by atoms with E-state index in [0.717, 1.165) is 85.0 Å². The van der Waals surface area contributed by atoms with Crippen molar-refractivity contribution in [1.29, 1.82) is 0 Å². The fourth-order valence-corrected chi connectivity index (χ4v) is 4.98. The van der Waals surface area contributed by atoms with Gasteiger partial charge in [-0.25, -0.2) is 4.98 Å². The number of aryl methyl sites for hydroxylation is 1. The Kier molecular flexibility index (Phi) is 5.84. The van der Waals surface area contributed by atoms with E-state index in [2.05, 4.69) is 21.0 Å². The second-order valence-electron chi connectivity index (χ2n) is 10.5. The zero-order chi connectivity index (χ0) is 23.9. The highest BCUT2D eigenvalue weighted by Gasteiger charge is 2.26. The molecule has 4 N–H and O–H groups in total. The first-order valence-corrected chi connectivity index (χ1v) is 13.0. The van der Waals surface area contributed by atoms with Crippen molar-refractivity contribution in [1.82, 2.24) is 19.9 Å². The molecule has 0 radical (unpaired) electrons. The van der Waals surface area contributed by atoms with Crippen LogP contribution in [0.15, 0.2) is 30.5 Å². The van der Waals surface area contributed by atoms with Crippen LogP contribution in [0.3, 0.4) is 0 Å². The Morgan fingerprint density at radius 1 is 1.11 bits per heavy atom. The van der Waals surface area contributed by atoms with E-state index >= 15 is 0 Å². The predicted octanol–water partition coefficient (Wildman–Crippen LogP) is 4.13. The molecule has 3 aliphatic carbocycles. The van der Waals surface area contributed by atoms with Crippen LogP contribution in [0.4, 0.5) is 11.6 Å². The molecule has 3 fully saturated rings. The minimum atomic E-state index is -0.356. The van der Waals surface area contributed by atoms with E-state index in [0.29, 0.717) is 11.6 Å². The third-order valence-corrected chi connectivity index (χ3v) is 7.50. The normalized spacial score (nSPS) is 22.2. The number of carbonyl (C=O) groups excluding carboxylic acids is 1. The van der Waals surface area contributed by atoms with Gasteiger partial charge in [-0.3, -0.25) is 4.79 Å². The molecule has 3 saturated carbocycles. The summed E-state index contributed by atoms with van der Waals surface area (Å²) in [5.74, 6) is 2.37. The lowest BCUT2D eigenvalue weighted by Crippen LogP contribution is -2.36. The van der Waals surface area contributed by atoms with Crippen molar-refractivity contribution in [3.63, 3.8) is 0 Å². The summed E-state index contributed by atoms with van der Waals surface area (Å²) in [6.07, 6.45) is 10.1. The first-order chi connectivity index (χ1) is 17.0. The molecule has 2 atom stereocenters. The van der Waals surface area contributed by atoms with Gasteiger partial charge in [0.25, 0.3) is 5.91 Å². The Hall–Kier alpha value is -3.13. The van der Waals surface area contributed by atoms with Crippen molar-refractivity contribution in [2.45, 2.75) is 76.5 Å². The number of fused-ring (bicyclic) bond motifs is 1. The third-order valence-electron chi connectivity index (χ3n) is 7.50. The molecule has 0 saturated heterocycles. The van der Waals surface area contributed by atoms with Crippen LogP contribution >= 0.6 is 0 Å². The number of benzene rings is 1. The van der Waals surface area contributed by atoms with Crippen molar-refractivity contribution >= 4 is 23.2 Å². The van der Waals surface area contributed by atoms with Gasteiger partial charge in [0, 0.05) is 29.8 Å². The molecule has 0 bridgehead atoms. The van der Waals surface area contributed by atoms with Crippen molar-refractivity contribution in [2.75, 3.05) is 17.2 Å². The molecule has 184 valence electrons. The van der Waals surface area contributed by atoms with Crippen LogP contribution in [-0.4, -0.2) is 50.3 Å². The molecule has 35 heavy (non-hydrogen) atoms. The number of hydrogen-bond acceptors (Lipinski definition) is 6. The molecule has 3 aromatic rings. The fourth-order valence-electron chi connectivity index (χ4n) is 4.98. The number of nitrogens with one attached hydrogen (secondary N) is 3. The number of anilines is 2. The third kappa shape index (κ3) is 4.85. The van der Waals surface area contributed by atoms with Gasteiger partial charge in [0.15, 0.2) is 5.65 Å². The van der Waals surface area contributed by atoms with Gasteiger partial charge in [-0.1, -0.05) is 25.0 Å². The molecule has 0 aliphatic heterocycles. The van der Waals surface area contributed by atoms with E-state index in [1.165, 1.54) is 12.8 Å². The van der Waals surface area contributed by atoms with Crippen LogP contribution in [0, 0.1) is 12.8 Å². The smallest absolute Gasteiger partial charge is 0.251 e. The quantitative estimate of drug-likeness (QED) is 0.391. The Morgan fingerprint density at radius 3 is 2.69 bits per heavy atom. The average Bonchev–Trinajstić information content (AvgIpc) is 3.78. The molecule has 0 spiro atoms. The second-order valence-corrected chi connectivity index (χ2v) is 10.5. The zero-order valence-electron chi connectivity index (χ0n) is 20.3. The SMILES string of the molecule is Cc1cc(-c2cnn3c(NCC4CC4)cc(NC4CCCC[C@H]4O)nc23)ccc1C(=O)NC1CC1. The second kappa shape index (κ2) is 9.15. The Morgan fingerprint density at radius 2 is 1.94 bits per heavy atom. The highest BCUT2D eigenvalue weighted by molar-refractivity contribution is 5.97. The molecule has 8 heteroatoms. The summed E-state index contributed by atoms with van der Waals surface area (Å²) in [7, 11) is 0. The number of hydrogen-bond donors (Lipinski definition) is 4. The van der Waals surface area contributed by atoms with E-state index < -0.39 is 0 Å². The number of aliphatic hydroxyl groups is 1. The number of aromatic nitrogens is 3. The Labute approximate surface area is 205 Å². The molecule has 2 heterocycles. The van der Waals surface area contributed by atoms with Gasteiger partial charge in [-0.15, -0.1) is 0 Å². The van der Waals surface area contributed by atoms with Gasteiger partial charge >= 0.3 is 0 Å². The summed E-state index contributed by atoms with van der Waals surface area (Å²) >= 11 is 0. The van der Waals surface area contributed by atoms with Crippen molar-refractivity contribution < 1.29 is 9.90 Å². The molecule has 3 aliphatic rings. The lowest BCUT2D eigenvalue weighted by molar-refractivity contribution is 0.0950. The van der Waals surface area contributed by atoms with Crippen LogP contribution in [-0.2, 0) is 0 Å². The predicted molar refractivity (Wildman–Crippen MR) is 137 cm³/mol. The van der Waals surface area contributed by atoms with E-state index in [1.54, 1.807) is 0 Å². The maximum Gasteiger partial charge on any atom is 0.251 e. The van der Waals surface area contributed by atoms with Gasteiger partial charge in [0.05, 0.1) is 18.3 Å². The molecule has 1 amide bonds. The molecule has 1 aromatic carbocycles. The van der Waals surface area contributed by atoms with Gasteiger partial charge in [0.1, 0.15) is 11.6 Å². The number of nitrogens with zero attached hydrogens (tertiary/aromatic N) is 3. The lowest BCUT2D eigenvalue weighted by atomic mass is 9.92. The van der Waals surface area contributed by atoms with Crippen molar-refractivity contribution in [3.8, 4) is 11.1 Å². The molecular formula is C27H34N6O2.